The number of carbonyl (C=O) groups excluding carboxylic acids is 1. The molecule has 1 amide bonds. The van der Waals surface area contributed by atoms with Gasteiger partial charge in [-0.2, -0.15) is 0 Å². The summed E-state index contributed by atoms with van der Waals surface area (Å²) in [5, 5.41) is 2.53. The smallest absolute Gasteiger partial charge is 0.292 e. The Morgan fingerprint density at radius 1 is 1.11 bits per heavy atom. The number of ether oxygens (including phenoxy) is 1. The zero-order valence-corrected chi connectivity index (χ0v) is 15.0. The lowest BCUT2D eigenvalue weighted by atomic mass is 10.3. The minimum atomic E-state index is -3.25. The topological polar surface area (TPSA) is 98.5 Å². The number of halogens is 1. The highest BCUT2D eigenvalue weighted by atomic mass is 32.2. The number of sulfone groups is 1. The zero-order chi connectivity index (χ0) is 19.4. The number of carbonyl (C=O) groups is 1. The van der Waals surface area contributed by atoms with Crippen LogP contribution < -0.4 is 10.1 Å². The Kier molecular flexibility index (Phi) is 5.22. The third-order valence-electron chi connectivity index (χ3n) is 3.32. The molecule has 1 N–H and O–H groups in total. The summed E-state index contributed by atoms with van der Waals surface area (Å²) in [5.41, 5.74) is 0. The van der Waals surface area contributed by atoms with Crippen molar-refractivity contribution < 1.29 is 26.8 Å². The Hall–Kier alpha value is -3.20. The molecule has 0 saturated carbocycles. The van der Waals surface area contributed by atoms with Crippen molar-refractivity contribution in [3.63, 3.8) is 0 Å². The van der Waals surface area contributed by atoms with E-state index in [0.29, 0.717) is 11.5 Å². The third kappa shape index (κ3) is 5.38. The van der Waals surface area contributed by atoms with Crippen molar-refractivity contribution in [2.45, 2.75) is 5.75 Å². The van der Waals surface area contributed by atoms with Gasteiger partial charge in [-0.15, -0.1) is 0 Å². The molecule has 27 heavy (non-hydrogen) atoms. The summed E-state index contributed by atoms with van der Waals surface area (Å²) < 4.78 is 46.1. The minimum absolute atomic E-state index is 0.0258. The van der Waals surface area contributed by atoms with Gasteiger partial charge in [-0.05, 0) is 48.5 Å². The number of furan rings is 1. The zero-order valence-electron chi connectivity index (χ0n) is 14.2. The maximum Gasteiger partial charge on any atom is 0.292 e. The van der Waals surface area contributed by atoms with Gasteiger partial charge in [0.2, 0.25) is 0 Å². The van der Waals surface area contributed by atoms with Crippen LogP contribution in [0.15, 0.2) is 59.1 Å². The van der Waals surface area contributed by atoms with Crippen LogP contribution in [0.2, 0.25) is 0 Å². The molecule has 0 aliphatic rings. The van der Waals surface area contributed by atoms with E-state index in [1.165, 1.54) is 48.7 Å². The second kappa shape index (κ2) is 7.58. The number of nitrogens with zero attached hydrogens (tertiary/aromatic N) is 1. The van der Waals surface area contributed by atoms with Gasteiger partial charge in [0.25, 0.3) is 5.91 Å². The average Bonchev–Trinajstić information content (AvgIpc) is 3.05. The fraction of sp³-hybridized carbons (Fsp3) is 0.111. The van der Waals surface area contributed by atoms with Crippen LogP contribution in [0.5, 0.6) is 11.5 Å². The van der Waals surface area contributed by atoms with E-state index in [9.17, 15) is 17.6 Å². The first-order valence-electron chi connectivity index (χ1n) is 7.76. The maximum absolute atomic E-state index is 12.9. The molecule has 3 aromatic rings. The number of hydrogen-bond acceptors (Lipinski definition) is 6. The van der Waals surface area contributed by atoms with Crippen molar-refractivity contribution in [2.24, 2.45) is 0 Å². The van der Waals surface area contributed by atoms with Crippen LogP contribution in [0.1, 0.15) is 16.3 Å². The highest BCUT2D eigenvalue weighted by Crippen LogP contribution is 2.22. The first kappa shape index (κ1) is 18.6. The first-order chi connectivity index (χ1) is 12.8. The lowest BCUT2D eigenvalue weighted by molar-refractivity contribution is 0.0994. The molecule has 0 aliphatic carbocycles. The van der Waals surface area contributed by atoms with E-state index < -0.39 is 15.7 Å². The lowest BCUT2D eigenvalue weighted by Crippen LogP contribution is -2.12. The van der Waals surface area contributed by atoms with Crippen molar-refractivity contribution in [3.8, 4) is 11.5 Å². The van der Waals surface area contributed by atoms with Gasteiger partial charge in [0, 0.05) is 6.26 Å². The number of amides is 1. The highest BCUT2D eigenvalue weighted by Gasteiger charge is 2.15. The average molecular weight is 390 g/mol. The van der Waals surface area contributed by atoms with Gasteiger partial charge in [-0.25, -0.2) is 17.8 Å². The first-order valence-corrected chi connectivity index (χ1v) is 9.82. The standard InChI is InChI=1S/C18H15FN2O5S/c1-27(23,24)11-15-6-8-16(26-15)18(22)21-17-9-7-14(10-20-17)25-13-4-2-12(19)3-5-13/h2-10H,11H2,1H3,(H,20,21,22). The molecule has 0 unspecified atom stereocenters. The van der Waals surface area contributed by atoms with Crippen molar-refractivity contribution in [1.29, 1.82) is 0 Å². The molecule has 7 nitrogen and oxygen atoms in total. The molecule has 1 aromatic carbocycles. The molecule has 9 heteroatoms. The molecule has 0 spiro atoms. The van der Waals surface area contributed by atoms with E-state index >= 15 is 0 Å². The van der Waals surface area contributed by atoms with Crippen LogP contribution in [-0.2, 0) is 15.6 Å². The summed E-state index contributed by atoms with van der Waals surface area (Å²) in [5.74, 6) is 0.0596. The molecule has 0 aliphatic heterocycles. The molecule has 2 heterocycles. The number of pyridine rings is 1. The van der Waals surface area contributed by atoms with E-state index in [4.69, 9.17) is 9.15 Å². The van der Waals surface area contributed by atoms with Crippen LogP contribution in [0.25, 0.3) is 0 Å². The van der Waals surface area contributed by atoms with Crippen LogP contribution in [0.3, 0.4) is 0 Å². The summed E-state index contributed by atoms with van der Waals surface area (Å²) in [6.07, 6.45) is 2.48. The second-order valence-electron chi connectivity index (χ2n) is 5.73. The van der Waals surface area contributed by atoms with E-state index in [-0.39, 0.29) is 28.9 Å². The normalized spacial score (nSPS) is 11.2. The number of benzene rings is 1. The number of rotatable bonds is 6. The molecule has 2 aromatic heterocycles. The second-order valence-corrected chi connectivity index (χ2v) is 7.87. The largest absolute Gasteiger partial charge is 0.456 e. The van der Waals surface area contributed by atoms with Crippen molar-refractivity contribution in [1.82, 2.24) is 4.98 Å². The summed E-state index contributed by atoms with van der Waals surface area (Å²) >= 11 is 0. The fourth-order valence-electron chi connectivity index (χ4n) is 2.17. The number of anilines is 1. The number of nitrogens with one attached hydrogen (secondary N) is 1. The third-order valence-corrected chi connectivity index (χ3v) is 4.13. The van der Waals surface area contributed by atoms with Crippen LogP contribution in [-0.4, -0.2) is 25.6 Å². The van der Waals surface area contributed by atoms with Crippen molar-refractivity contribution >= 4 is 21.6 Å². The summed E-state index contributed by atoms with van der Waals surface area (Å²) in [6, 6.07) is 11.5. The fourth-order valence-corrected chi connectivity index (χ4v) is 2.84. The molecule has 0 atom stereocenters. The van der Waals surface area contributed by atoms with Gasteiger partial charge in [0.05, 0.1) is 6.20 Å². The number of hydrogen-bond donors (Lipinski definition) is 1. The molecule has 0 saturated heterocycles. The van der Waals surface area contributed by atoms with E-state index in [0.717, 1.165) is 6.26 Å². The summed E-state index contributed by atoms with van der Waals surface area (Å²) in [7, 11) is -3.25. The Bertz CT molecular complexity index is 1040. The van der Waals surface area contributed by atoms with Gasteiger partial charge in [0.15, 0.2) is 15.6 Å². The van der Waals surface area contributed by atoms with Crippen molar-refractivity contribution in [2.75, 3.05) is 11.6 Å². The molecular formula is C18H15FN2O5S. The van der Waals surface area contributed by atoms with Gasteiger partial charge in [-0.1, -0.05) is 0 Å². The highest BCUT2D eigenvalue weighted by molar-refractivity contribution is 7.89. The number of aromatic nitrogens is 1. The van der Waals surface area contributed by atoms with E-state index in [1.54, 1.807) is 6.07 Å². The lowest BCUT2D eigenvalue weighted by Gasteiger charge is -2.06. The van der Waals surface area contributed by atoms with E-state index in [2.05, 4.69) is 10.3 Å². The predicted molar refractivity (Wildman–Crippen MR) is 95.9 cm³/mol. The molecule has 140 valence electrons. The van der Waals surface area contributed by atoms with Crippen molar-refractivity contribution in [3.05, 3.63) is 72.1 Å². The summed E-state index contributed by atoms with van der Waals surface area (Å²) in [4.78, 5) is 16.2. The van der Waals surface area contributed by atoms with Crippen LogP contribution in [0, 0.1) is 5.82 Å². The minimum Gasteiger partial charge on any atom is -0.456 e. The van der Waals surface area contributed by atoms with Gasteiger partial charge < -0.3 is 14.5 Å². The van der Waals surface area contributed by atoms with Gasteiger partial charge in [-0.3, -0.25) is 4.79 Å². The quantitative estimate of drug-likeness (QED) is 0.693. The monoisotopic (exact) mass is 390 g/mol. The van der Waals surface area contributed by atoms with Crippen LogP contribution in [0.4, 0.5) is 10.2 Å². The molecule has 3 rings (SSSR count). The molecule has 0 bridgehead atoms. The molecule has 0 radical (unpaired) electrons. The summed E-state index contributed by atoms with van der Waals surface area (Å²) in [6.45, 7) is 0. The Balaban J connectivity index is 1.62. The van der Waals surface area contributed by atoms with E-state index in [1.807, 2.05) is 0 Å². The Labute approximate surface area is 154 Å². The van der Waals surface area contributed by atoms with Crippen LogP contribution >= 0.6 is 0 Å². The van der Waals surface area contributed by atoms with Gasteiger partial charge >= 0.3 is 0 Å². The molecule has 0 fully saturated rings. The Morgan fingerprint density at radius 2 is 1.81 bits per heavy atom. The SMILES string of the molecule is CS(=O)(=O)Cc1ccc(C(=O)Nc2ccc(Oc3ccc(F)cc3)cn2)o1. The maximum atomic E-state index is 12.9. The molecular weight excluding hydrogens is 375 g/mol. The predicted octanol–water partition coefficient (Wildman–Crippen LogP) is 3.40. The Morgan fingerprint density at radius 3 is 2.44 bits per heavy atom. The van der Waals surface area contributed by atoms with Gasteiger partial charge in [0.1, 0.15) is 34.6 Å².